The highest BCUT2D eigenvalue weighted by Gasteiger charge is 2.09. The maximum Gasteiger partial charge on any atom is 0.124 e. The molecule has 3 heteroatoms. The topological polar surface area (TPSA) is 34.1 Å². The van der Waals surface area contributed by atoms with Gasteiger partial charge in [0.1, 0.15) is 12.4 Å². The van der Waals surface area contributed by atoms with E-state index in [1.807, 2.05) is 12.3 Å². The van der Waals surface area contributed by atoms with E-state index in [9.17, 15) is 0 Å². The summed E-state index contributed by atoms with van der Waals surface area (Å²) < 4.78 is 5.67. The maximum atomic E-state index is 5.67. The van der Waals surface area contributed by atoms with Gasteiger partial charge in [0, 0.05) is 30.2 Å². The fraction of sp³-hybridized carbons (Fsp3) is 0.250. The van der Waals surface area contributed by atoms with Crippen LogP contribution in [0.2, 0.25) is 0 Å². The maximum absolute atomic E-state index is 5.67. The number of pyridine rings is 1. The van der Waals surface area contributed by atoms with E-state index in [-0.39, 0.29) is 0 Å². The summed E-state index contributed by atoms with van der Waals surface area (Å²) in [5.41, 5.74) is 2.22. The van der Waals surface area contributed by atoms with Crippen molar-refractivity contribution < 1.29 is 4.74 Å². The fourth-order valence-electron chi connectivity index (χ4n) is 1.87. The predicted octanol–water partition coefficient (Wildman–Crippen LogP) is 1.72. The molecule has 1 aliphatic rings. The molecule has 76 valence electrons. The molecule has 0 atom stereocenters. The summed E-state index contributed by atoms with van der Waals surface area (Å²) in [7, 11) is 0. The summed E-state index contributed by atoms with van der Waals surface area (Å²) in [5.74, 6) is 0.987. The van der Waals surface area contributed by atoms with Gasteiger partial charge in [0.15, 0.2) is 0 Å². The zero-order chi connectivity index (χ0) is 10.1. The lowest BCUT2D eigenvalue weighted by atomic mass is 10.1. The smallest absolute Gasteiger partial charge is 0.124 e. The normalized spacial score (nSPS) is 15.5. The molecule has 0 spiro atoms. The molecular weight excluding hydrogens is 188 g/mol. The van der Waals surface area contributed by atoms with Gasteiger partial charge in [-0.2, -0.15) is 0 Å². The number of nitrogens with zero attached hydrogens (tertiary/aromatic N) is 1. The van der Waals surface area contributed by atoms with Crippen molar-refractivity contribution in [3.8, 4) is 5.75 Å². The van der Waals surface area contributed by atoms with Crippen LogP contribution < -0.4 is 10.1 Å². The van der Waals surface area contributed by atoms with E-state index in [0.29, 0.717) is 0 Å². The lowest BCUT2D eigenvalue weighted by Crippen LogP contribution is -2.16. The van der Waals surface area contributed by atoms with E-state index in [0.717, 1.165) is 36.3 Å². The van der Waals surface area contributed by atoms with Gasteiger partial charge in [-0.25, -0.2) is 0 Å². The molecule has 0 saturated carbocycles. The molecule has 1 aromatic carbocycles. The van der Waals surface area contributed by atoms with Crippen LogP contribution >= 0.6 is 0 Å². The minimum atomic E-state index is 0.735. The zero-order valence-corrected chi connectivity index (χ0v) is 8.36. The van der Waals surface area contributed by atoms with Gasteiger partial charge < -0.3 is 10.1 Å². The summed E-state index contributed by atoms with van der Waals surface area (Å²) in [4.78, 5) is 4.34. The average Bonchev–Trinajstić information content (AvgIpc) is 2.50. The Bertz CT molecular complexity index is 451. The van der Waals surface area contributed by atoms with E-state index in [1.165, 1.54) is 5.56 Å². The molecular formula is C12H12N2O. The fourth-order valence-corrected chi connectivity index (χ4v) is 1.87. The second-order valence-electron chi connectivity index (χ2n) is 3.68. The van der Waals surface area contributed by atoms with E-state index < -0.39 is 0 Å². The Labute approximate surface area is 88.1 Å². The lowest BCUT2D eigenvalue weighted by molar-refractivity contribution is 0.326. The molecule has 0 unspecified atom stereocenters. The minimum Gasteiger partial charge on any atom is -0.492 e. The van der Waals surface area contributed by atoms with Crippen molar-refractivity contribution in [2.45, 2.75) is 6.54 Å². The summed E-state index contributed by atoms with van der Waals surface area (Å²) >= 11 is 0. The lowest BCUT2D eigenvalue weighted by Gasteiger charge is -2.07. The van der Waals surface area contributed by atoms with Crippen molar-refractivity contribution in [1.82, 2.24) is 10.3 Å². The van der Waals surface area contributed by atoms with Gasteiger partial charge in [-0.1, -0.05) is 6.07 Å². The number of aromatic nitrogens is 1. The quantitative estimate of drug-likeness (QED) is 0.703. The van der Waals surface area contributed by atoms with Gasteiger partial charge >= 0.3 is 0 Å². The van der Waals surface area contributed by atoms with Gasteiger partial charge in [-0.3, -0.25) is 4.98 Å². The van der Waals surface area contributed by atoms with E-state index in [1.54, 1.807) is 0 Å². The van der Waals surface area contributed by atoms with Gasteiger partial charge in [0.25, 0.3) is 0 Å². The molecule has 15 heavy (non-hydrogen) atoms. The molecule has 0 amide bonds. The Morgan fingerprint density at radius 3 is 3.33 bits per heavy atom. The Morgan fingerprint density at radius 1 is 1.33 bits per heavy atom. The third-order valence-electron chi connectivity index (χ3n) is 2.64. The molecule has 2 heterocycles. The van der Waals surface area contributed by atoms with E-state index >= 15 is 0 Å². The van der Waals surface area contributed by atoms with Crippen molar-refractivity contribution in [3.05, 3.63) is 36.0 Å². The number of nitrogens with one attached hydrogen (secondary N) is 1. The number of hydrogen-bond donors (Lipinski definition) is 1. The number of ether oxygens (including phenoxy) is 1. The summed E-state index contributed by atoms with van der Waals surface area (Å²) in [5, 5.41) is 4.45. The van der Waals surface area contributed by atoms with Crippen molar-refractivity contribution >= 4 is 10.9 Å². The van der Waals surface area contributed by atoms with Crippen LogP contribution in [0.15, 0.2) is 30.5 Å². The number of fused-ring (bicyclic) bond motifs is 2. The Kier molecular flexibility index (Phi) is 2.03. The van der Waals surface area contributed by atoms with Crippen molar-refractivity contribution in [3.63, 3.8) is 0 Å². The minimum absolute atomic E-state index is 0.735. The Hall–Kier alpha value is -1.61. The standard InChI is InChI=1S/C12H12N2O/c1-2-9-7-12-10(6-11(9)14-3-1)8-13-4-5-15-12/h1-3,6-7,13H,4-5,8H2. The highest BCUT2D eigenvalue weighted by Crippen LogP contribution is 2.25. The van der Waals surface area contributed by atoms with Crippen LogP contribution in [0.25, 0.3) is 10.9 Å². The second-order valence-corrected chi connectivity index (χ2v) is 3.68. The predicted molar refractivity (Wildman–Crippen MR) is 58.9 cm³/mol. The highest BCUT2D eigenvalue weighted by molar-refractivity contribution is 5.81. The molecule has 0 saturated heterocycles. The SMILES string of the molecule is c1cnc2cc3c(cc2c1)OCCNC3. The van der Waals surface area contributed by atoms with Crippen LogP contribution in [-0.2, 0) is 6.54 Å². The van der Waals surface area contributed by atoms with Crippen molar-refractivity contribution in [2.24, 2.45) is 0 Å². The molecule has 0 fully saturated rings. The first-order valence-corrected chi connectivity index (χ1v) is 5.15. The molecule has 1 aromatic heterocycles. The molecule has 0 bridgehead atoms. The van der Waals surface area contributed by atoms with Gasteiger partial charge in [0.05, 0.1) is 5.52 Å². The van der Waals surface area contributed by atoms with Crippen LogP contribution in [0, 0.1) is 0 Å². The first-order chi connectivity index (χ1) is 7.43. The summed E-state index contributed by atoms with van der Waals surface area (Å²) in [6.45, 7) is 2.50. The third kappa shape index (κ3) is 1.55. The average molecular weight is 200 g/mol. The highest BCUT2D eigenvalue weighted by atomic mass is 16.5. The molecule has 0 aliphatic carbocycles. The summed E-state index contributed by atoms with van der Waals surface area (Å²) in [6, 6.07) is 8.18. The van der Waals surface area contributed by atoms with Gasteiger partial charge in [-0.15, -0.1) is 0 Å². The third-order valence-corrected chi connectivity index (χ3v) is 2.64. The second kappa shape index (κ2) is 3.51. The molecule has 3 rings (SSSR count). The number of benzene rings is 1. The largest absolute Gasteiger partial charge is 0.492 e. The van der Waals surface area contributed by atoms with Crippen molar-refractivity contribution in [2.75, 3.05) is 13.2 Å². The molecule has 1 aliphatic heterocycles. The monoisotopic (exact) mass is 200 g/mol. The van der Waals surface area contributed by atoms with Gasteiger partial charge in [-0.05, 0) is 18.2 Å². The van der Waals surface area contributed by atoms with Crippen molar-refractivity contribution in [1.29, 1.82) is 0 Å². The molecule has 0 radical (unpaired) electrons. The summed E-state index contributed by atoms with van der Waals surface area (Å²) in [6.07, 6.45) is 1.82. The first kappa shape index (κ1) is 8.68. The number of hydrogen-bond acceptors (Lipinski definition) is 3. The van der Waals surface area contributed by atoms with E-state index in [2.05, 4.69) is 28.5 Å². The van der Waals surface area contributed by atoms with Gasteiger partial charge in [0.2, 0.25) is 0 Å². The van der Waals surface area contributed by atoms with Crippen LogP contribution in [0.3, 0.4) is 0 Å². The van der Waals surface area contributed by atoms with E-state index in [4.69, 9.17) is 4.74 Å². The van der Waals surface area contributed by atoms with Crippen LogP contribution in [0.5, 0.6) is 5.75 Å². The Morgan fingerprint density at radius 2 is 2.33 bits per heavy atom. The number of rotatable bonds is 0. The zero-order valence-electron chi connectivity index (χ0n) is 8.36. The molecule has 1 N–H and O–H groups in total. The van der Waals surface area contributed by atoms with Crippen LogP contribution in [-0.4, -0.2) is 18.1 Å². The van der Waals surface area contributed by atoms with Crippen LogP contribution in [0.1, 0.15) is 5.56 Å². The molecule has 3 nitrogen and oxygen atoms in total. The first-order valence-electron chi connectivity index (χ1n) is 5.15. The van der Waals surface area contributed by atoms with Crippen LogP contribution in [0.4, 0.5) is 0 Å². The Balaban J connectivity index is 2.20. The molecule has 2 aromatic rings.